The number of rotatable bonds is 6. The molecule has 3 aromatic rings. The summed E-state index contributed by atoms with van der Waals surface area (Å²) in [6.45, 7) is 2.58. The molecule has 3 rings (SSSR count). The Kier molecular flexibility index (Phi) is 5.12. The summed E-state index contributed by atoms with van der Waals surface area (Å²) in [6, 6.07) is 21.9. The van der Waals surface area contributed by atoms with E-state index in [-0.39, 0.29) is 5.91 Å². The minimum Gasteiger partial charge on any atom is -0.494 e. The molecule has 0 atom stereocenters. The van der Waals surface area contributed by atoms with Crippen LogP contribution in [-0.2, 0) is 4.79 Å². The van der Waals surface area contributed by atoms with E-state index >= 15 is 0 Å². The zero-order valence-electron chi connectivity index (χ0n) is 13.8. The highest BCUT2D eigenvalue weighted by atomic mass is 16.5. The van der Waals surface area contributed by atoms with Gasteiger partial charge in [-0.3, -0.25) is 4.79 Å². The van der Waals surface area contributed by atoms with Crippen LogP contribution in [0, 0.1) is 6.92 Å². The lowest BCUT2D eigenvalue weighted by molar-refractivity contribution is -0.116. The Morgan fingerprint density at radius 3 is 2.54 bits per heavy atom. The molecule has 0 unspecified atom stereocenters. The highest BCUT2D eigenvalue weighted by Gasteiger charge is 2.05. The normalized spacial score (nSPS) is 10.5. The molecular weight excluding hydrogens is 298 g/mol. The molecule has 3 aromatic carbocycles. The van der Waals surface area contributed by atoms with Crippen LogP contribution in [0.2, 0.25) is 0 Å². The minimum atomic E-state index is 0.0128. The smallest absolute Gasteiger partial charge is 0.224 e. The van der Waals surface area contributed by atoms with Gasteiger partial charge >= 0.3 is 0 Å². The molecule has 0 bridgehead atoms. The maximum absolute atomic E-state index is 12.1. The van der Waals surface area contributed by atoms with E-state index in [1.165, 1.54) is 5.56 Å². The average molecular weight is 319 g/mol. The van der Waals surface area contributed by atoms with Crippen molar-refractivity contribution >= 4 is 22.4 Å². The first-order chi connectivity index (χ1) is 11.7. The molecule has 0 fully saturated rings. The van der Waals surface area contributed by atoms with Crippen molar-refractivity contribution in [3.8, 4) is 5.75 Å². The van der Waals surface area contributed by atoms with E-state index < -0.39 is 0 Å². The van der Waals surface area contributed by atoms with Crippen LogP contribution in [0.3, 0.4) is 0 Å². The lowest BCUT2D eigenvalue weighted by Gasteiger charge is -2.09. The third-order valence-corrected chi connectivity index (χ3v) is 3.90. The van der Waals surface area contributed by atoms with Crippen molar-refractivity contribution < 1.29 is 9.53 Å². The molecule has 0 radical (unpaired) electrons. The van der Waals surface area contributed by atoms with Crippen molar-refractivity contribution in [3.63, 3.8) is 0 Å². The largest absolute Gasteiger partial charge is 0.494 e. The first-order valence-corrected chi connectivity index (χ1v) is 8.19. The van der Waals surface area contributed by atoms with Gasteiger partial charge in [-0.05, 0) is 36.9 Å². The van der Waals surface area contributed by atoms with Crippen molar-refractivity contribution in [1.82, 2.24) is 0 Å². The lowest BCUT2D eigenvalue weighted by atomic mass is 10.1. The minimum absolute atomic E-state index is 0.0128. The topological polar surface area (TPSA) is 38.3 Å². The molecule has 0 aliphatic carbocycles. The monoisotopic (exact) mass is 319 g/mol. The highest BCUT2D eigenvalue weighted by Crippen LogP contribution is 2.23. The second-order valence-electron chi connectivity index (χ2n) is 5.84. The Balaban J connectivity index is 1.49. The first-order valence-electron chi connectivity index (χ1n) is 8.19. The van der Waals surface area contributed by atoms with Crippen molar-refractivity contribution in [2.75, 3.05) is 11.9 Å². The summed E-state index contributed by atoms with van der Waals surface area (Å²) >= 11 is 0. The van der Waals surface area contributed by atoms with Crippen molar-refractivity contribution in [2.24, 2.45) is 0 Å². The second kappa shape index (κ2) is 7.64. The molecule has 122 valence electrons. The van der Waals surface area contributed by atoms with Crippen LogP contribution >= 0.6 is 0 Å². The zero-order chi connectivity index (χ0) is 16.8. The molecule has 0 aliphatic rings. The Labute approximate surface area is 142 Å². The first kappa shape index (κ1) is 16.1. The maximum atomic E-state index is 12.1. The van der Waals surface area contributed by atoms with Crippen molar-refractivity contribution in [2.45, 2.75) is 19.8 Å². The quantitative estimate of drug-likeness (QED) is 0.653. The second-order valence-corrected chi connectivity index (χ2v) is 5.84. The van der Waals surface area contributed by atoms with E-state index in [1.54, 1.807) is 0 Å². The number of aryl methyl sites for hydroxylation is 1. The number of ether oxygens (including phenoxy) is 1. The molecule has 0 saturated heterocycles. The van der Waals surface area contributed by atoms with Gasteiger partial charge in [0, 0.05) is 17.5 Å². The summed E-state index contributed by atoms with van der Waals surface area (Å²) in [5.41, 5.74) is 2.06. The molecule has 0 aromatic heterocycles. The highest BCUT2D eigenvalue weighted by molar-refractivity contribution is 6.02. The van der Waals surface area contributed by atoms with Gasteiger partial charge in [0.15, 0.2) is 0 Å². The third kappa shape index (κ3) is 4.13. The molecule has 1 N–H and O–H groups in total. The van der Waals surface area contributed by atoms with Crippen LogP contribution in [0.25, 0.3) is 10.8 Å². The summed E-state index contributed by atoms with van der Waals surface area (Å²) in [5.74, 6) is 0.855. The number of benzene rings is 3. The molecule has 24 heavy (non-hydrogen) atoms. The molecule has 0 saturated carbocycles. The van der Waals surface area contributed by atoms with Crippen molar-refractivity contribution in [1.29, 1.82) is 0 Å². The number of hydrogen-bond donors (Lipinski definition) is 1. The van der Waals surface area contributed by atoms with Gasteiger partial charge in [0.25, 0.3) is 0 Å². The van der Waals surface area contributed by atoms with Gasteiger partial charge in [-0.2, -0.15) is 0 Å². The number of fused-ring (bicyclic) bond motifs is 1. The molecule has 0 aliphatic heterocycles. The van der Waals surface area contributed by atoms with E-state index in [4.69, 9.17) is 4.74 Å². The van der Waals surface area contributed by atoms with Gasteiger partial charge in [-0.25, -0.2) is 0 Å². The predicted octanol–water partition coefficient (Wildman–Crippen LogP) is 4.95. The Hall–Kier alpha value is -2.81. The fourth-order valence-electron chi connectivity index (χ4n) is 2.60. The molecule has 3 heteroatoms. The zero-order valence-corrected chi connectivity index (χ0v) is 13.8. The molecule has 0 heterocycles. The number of carbonyl (C=O) groups is 1. The summed E-state index contributed by atoms with van der Waals surface area (Å²) in [6.07, 6.45) is 1.12. The molecule has 3 nitrogen and oxygen atoms in total. The van der Waals surface area contributed by atoms with Crippen LogP contribution in [0.4, 0.5) is 5.69 Å². The standard InChI is InChI=1S/C21H21NO2/c1-16-11-13-18(14-12-16)24-15-5-10-21(23)22-20-9-4-7-17-6-2-3-8-19(17)20/h2-4,6-9,11-14H,5,10,15H2,1H3,(H,22,23). The van der Waals surface area contributed by atoms with Gasteiger partial charge in [-0.1, -0.05) is 54.1 Å². The van der Waals surface area contributed by atoms with Crippen LogP contribution < -0.4 is 10.1 Å². The number of amides is 1. The van der Waals surface area contributed by atoms with Crippen LogP contribution in [0.15, 0.2) is 66.7 Å². The Bertz CT molecular complexity index is 819. The SMILES string of the molecule is Cc1ccc(OCCCC(=O)Nc2cccc3ccccc23)cc1. The lowest BCUT2D eigenvalue weighted by Crippen LogP contribution is -2.13. The van der Waals surface area contributed by atoms with Crippen LogP contribution in [0.1, 0.15) is 18.4 Å². The summed E-state index contributed by atoms with van der Waals surface area (Å²) < 4.78 is 5.65. The molecular formula is C21H21NO2. The Morgan fingerprint density at radius 2 is 1.71 bits per heavy atom. The van der Waals surface area contributed by atoms with Gasteiger partial charge in [0.2, 0.25) is 5.91 Å². The summed E-state index contributed by atoms with van der Waals surface area (Å²) in [4.78, 5) is 12.1. The number of hydrogen-bond acceptors (Lipinski definition) is 2. The maximum Gasteiger partial charge on any atom is 0.224 e. The predicted molar refractivity (Wildman–Crippen MR) is 98.5 cm³/mol. The van der Waals surface area contributed by atoms with E-state index in [2.05, 4.69) is 5.32 Å². The third-order valence-electron chi connectivity index (χ3n) is 3.90. The van der Waals surface area contributed by atoms with E-state index in [1.807, 2.05) is 73.7 Å². The number of carbonyl (C=O) groups excluding carboxylic acids is 1. The molecule has 0 spiro atoms. The average Bonchev–Trinajstić information content (AvgIpc) is 2.61. The van der Waals surface area contributed by atoms with Crippen LogP contribution in [-0.4, -0.2) is 12.5 Å². The van der Waals surface area contributed by atoms with Gasteiger partial charge < -0.3 is 10.1 Å². The fraction of sp³-hybridized carbons (Fsp3) is 0.190. The summed E-state index contributed by atoms with van der Waals surface area (Å²) in [7, 11) is 0. The number of anilines is 1. The van der Waals surface area contributed by atoms with Gasteiger partial charge in [0.05, 0.1) is 6.61 Å². The molecule has 1 amide bonds. The number of nitrogens with one attached hydrogen (secondary N) is 1. The van der Waals surface area contributed by atoms with Crippen molar-refractivity contribution in [3.05, 3.63) is 72.3 Å². The van der Waals surface area contributed by atoms with Crippen LogP contribution in [0.5, 0.6) is 5.75 Å². The Morgan fingerprint density at radius 1 is 0.958 bits per heavy atom. The van der Waals surface area contributed by atoms with E-state index in [0.29, 0.717) is 19.4 Å². The fourth-order valence-corrected chi connectivity index (χ4v) is 2.60. The van der Waals surface area contributed by atoms with E-state index in [0.717, 1.165) is 22.2 Å². The van der Waals surface area contributed by atoms with Gasteiger partial charge in [-0.15, -0.1) is 0 Å². The van der Waals surface area contributed by atoms with Gasteiger partial charge in [0.1, 0.15) is 5.75 Å². The summed E-state index contributed by atoms with van der Waals surface area (Å²) in [5, 5.41) is 5.18. The van der Waals surface area contributed by atoms with E-state index in [9.17, 15) is 4.79 Å².